The van der Waals surface area contributed by atoms with Crippen LogP contribution < -0.4 is 10.6 Å². The number of anilines is 1. The summed E-state index contributed by atoms with van der Waals surface area (Å²) in [5.41, 5.74) is 6.90. The Morgan fingerprint density at radius 1 is 1.28 bits per heavy atom. The lowest BCUT2D eigenvalue weighted by atomic mass is 10.2. The average molecular weight is 244 g/mol. The monoisotopic (exact) mass is 244 g/mol. The first-order valence-electron chi connectivity index (χ1n) is 6.27. The van der Waals surface area contributed by atoms with Crippen LogP contribution in [0.1, 0.15) is 12.0 Å². The summed E-state index contributed by atoms with van der Waals surface area (Å²) in [7, 11) is 2.02. The van der Waals surface area contributed by atoms with E-state index in [1.54, 1.807) is 0 Å². The Morgan fingerprint density at radius 3 is 2.67 bits per heavy atom. The average Bonchev–Trinajstić information content (AvgIpc) is 2.82. The number of nitrogens with zero attached hydrogens (tertiary/aromatic N) is 3. The molecule has 0 aliphatic heterocycles. The van der Waals surface area contributed by atoms with Gasteiger partial charge < -0.3 is 15.2 Å². The standard InChI is InChI=1S/C14H20N4/c1-17-11-9-16-14(17)18(10-5-8-15)12-13-6-3-2-4-7-13/h2-4,6-7,9,11H,5,8,10,12,15H2,1H3. The Labute approximate surface area is 108 Å². The summed E-state index contributed by atoms with van der Waals surface area (Å²) in [6, 6.07) is 10.4. The molecule has 0 saturated heterocycles. The fraction of sp³-hybridized carbons (Fsp3) is 0.357. The third kappa shape index (κ3) is 3.11. The van der Waals surface area contributed by atoms with Crippen LogP contribution in [-0.4, -0.2) is 22.6 Å². The second-order valence-electron chi connectivity index (χ2n) is 4.39. The number of rotatable bonds is 6. The summed E-state index contributed by atoms with van der Waals surface area (Å²) in [4.78, 5) is 6.68. The van der Waals surface area contributed by atoms with Crippen LogP contribution in [-0.2, 0) is 13.6 Å². The van der Waals surface area contributed by atoms with E-state index in [2.05, 4.69) is 34.1 Å². The molecule has 0 radical (unpaired) electrons. The summed E-state index contributed by atoms with van der Waals surface area (Å²) < 4.78 is 2.04. The van der Waals surface area contributed by atoms with Crippen molar-refractivity contribution in [1.29, 1.82) is 0 Å². The molecule has 18 heavy (non-hydrogen) atoms. The lowest BCUT2D eigenvalue weighted by Gasteiger charge is -2.23. The molecule has 0 fully saturated rings. The molecule has 2 rings (SSSR count). The first kappa shape index (κ1) is 12.6. The predicted molar refractivity (Wildman–Crippen MR) is 74.4 cm³/mol. The molecule has 0 saturated carbocycles. The van der Waals surface area contributed by atoms with E-state index in [4.69, 9.17) is 5.73 Å². The van der Waals surface area contributed by atoms with Gasteiger partial charge >= 0.3 is 0 Å². The Balaban J connectivity index is 2.13. The number of benzene rings is 1. The van der Waals surface area contributed by atoms with Crippen molar-refractivity contribution in [1.82, 2.24) is 9.55 Å². The molecule has 1 aromatic heterocycles. The maximum Gasteiger partial charge on any atom is 0.205 e. The Morgan fingerprint density at radius 2 is 2.06 bits per heavy atom. The van der Waals surface area contributed by atoms with E-state index >= 15 is 0 Å². The van der Waals surface area contributed by atoms with E-state index < -0.39 is 0 Å². The van der Waals surface area contributed by atoms with E-state index in [1.165, 1.54) is 5.56 Å². The van der Waals surface area contributed by atoms with Gasteiger partial charge in [0, 0.05) is 32.5 Å². The van der Waals surface area contributed by atoms with E-state index in [0.717, 1.165) is 25.5 Å². The molecule has 4 heteroatoms. The van der Waals surface area contributed by atoms with Gasteiger partial charge in [0.15, 0.2) is 0 Å². The molecule has 0 aliphatic carbocycles. The van der Waals surface area contributed by atoms with Crippen LogP contribution in [0.4, 0.5) is 5.95 Å². The number of nitrogens with two attached hydrogens (primary N) is 1. The van der Waals surface area contributed by atoms with E-state index in [1.807, 2.05) is 30.1 Å². The van der Waals surface area contributed by atoms with Crippen LogP contribution in [0.5, 0.6) is 0 Å². The molecule has 2 aromatic rings. The number of hydrogen-bond acceptors (Lipinski definition) is 3. The molecule has 0 unspecified atom stereocenters. The van der Waals surface area contributed by atoms with Crippen molar-refractivity contribution in [2.75, 3.05) is 18.0 Å². The first-order chi connectivity index (χ1) is 8.81. The van der Waals surface area contributed by atoms with Crippen LogP contribution in [0.15, 0.2) is 42.7 Å². The van der Waals surface area contributed by atoms with Crippen LogP contribution in [0.3, 0.4) is 0 Å². The number of hydrogen-bond donors (Lipinski definition) is 1. The maximum absolute atomic E-state index is 5.61. The van der Waals surface area contributed by atoms with Gasteiger partial charge in [0.25, 0.3) is 0 Å². The van der Waals surface area contributed by atoms with Gasteiger partial charge in [-0.15, -0.1) is 0 Å². The summed E-state index contributed by atoms with van der Waals surface area (Å²) in [6.45, 7) is 2.50. The van der Waals surface area contributed by atoms with Gasteiger partial charge in [-0.2, -0.15) is 0 Å². The molecule has 4 nitrogen and oxygen atoms in total. The van der Waals surface area contributed by atoms with Gasteiger partial charge in [0.2, 0.25) is 5.95 Å². The lowest BCUT2D eigenvalue weighted by molar-refractivity contribution is 0.695. The second kappa shape index (κ2) is 6.21. The smallest absolute Gasteiger partial charge is 0.205 e. The van der Waals surface area contributed by atoms with Gasteiger partial charge in [-0.25, -0.2) is 4.98 Å². The minimum atomic E-state index is 0.704. The Bertz CT molecular complexity index is 464. The fourth-order valence-electron chi connectivity index (χ4n) is 2.00. The summed E-state index contributed by atoms with van der Waals surface area (Å²) in [5, 5.41) is 0. The lowest BCUT2D eigenvalue weighted by Crippen LogP contribution is -2.28. The van der Waals surface area contributed by atoms with Gasteiger partial charge in [0.05, 0.1) is 0 Å². The molecule has 2 N–H and O–H groups in total. The highest BCUT2D eigenvalue weighted by molar-refractivity contribution is 5.33. The second-order valence-corrected chi connectivity index (χ2v) is 4.39. The zero-order valence-corrected chi connectivity index (χ0v) is 10.8. The topological polar surface area (TPSA) is 47.1 Å². The molecule has 0 bridgehead atoms. The van der Waals surface area contributed by atoms with E-state index in [0.29, 0.717) is 6.54 Å². The number of imidazole rings is 1. The van der Waals surface area contributed by atoms with Crippen molar-refractivity contribution in [3.05, 3.63) is 48.3 Å². The number of aromatic nitrogens is 2. The van der Waals surface area contributed by atoms with Crippen molar-refractivity contribution >= 4 is 5.95 Å². The summed E-state index contributed by atoms with van der Waals surface area (Å²) in [5.74, 6) is 0.993. The highest BCUT2D eigenvalue weighted by Crippen LogP contribution is 2.14. The third-order valence-corrected chi connectivity index (χ3v) is 2.93. The molecule has 0 atom stereocenters. The molecule has 0 spiro atoms. The van der Waals surface area contributed by atoms with Crippen molar-refractivity contribution in [3.63, 3.8) is 0 Å². The SMILES string of the molecule is Cn1ccnc1N(CCCN)Cc1ccccc1. The fourth-order valence-corrected chi connectivity index (χ4v) is 2.00. The Kier molecular flexibility index (Phi) is 4.36. The predicted octanol–water partition coefficient (Wildman–Crippen LogP) is 1.78. The number of aryl methyl sites for hydroxylation is 1. The maximum atomic E-state index is 5.61. The van der Waals surface area contributed by atoms with Crippen molar-refractivity contribution in [2.24, 2.45) is 12.8 Å². The van der Waals surface area contributed by atoms with Crippen molar-refractivity contribution < 1.29 is 0 Å². The molecular weight excluding hydrogens is 224 g/mol. The summed E-state index contributed by atoms with van der Waals surface area (Å²) >= 11 is 0. The highest BCUT2D eigenvalue weighted by Gasteiger charge is 2.10. The summed E-state index contributed by atoms with van der Waals surface area (Å²) in [6.07, 6.45) is 4.77. The van der Waals surface area contributed by atoms with Gasteiger partial charge in [0.1, 0.15) is 0 Å². The van der Waals surface area contributed by atoms with Gasteiger partial charge in [-0.1, -0.05) is 30.3 Å². The van der Waals surface area contributed by atoms with E-state index in [-0.39, 0.29) is 0 Å². The van der Waals surface area contributed by atoms with Crippen LogP contribution >= 0.6 is 0 Å². The first-order valence-corrected chi connectivity index (χ1v) is 6.27. The largest absolute Gasteiger partial charge is 0.338 e. The van der Waals surface area contributed by atoms with Crippen LogP contribution in [0.25, 0.3) is 0 Å². The molecule has 1 aromatic carbocycles. The quantitative estimate of drug-likeness (QED) is 0.842. The zero-order chi connectivity index (χ0) is 12.8. The van der Waals surface area contributed by atoms with Crippen LogP contribution in [0, 0.1) is 0 Å². The Hall–Kier alpha value is -1.81. The minimum absolute atomic E-state index is 0.704. The van der Waals surface area contributed by atoms with E-state index in [9.17, 15) is 0 Å². The van der Waals surface area contributed by atoms with Crippen molar-refractivity contribution in [2.45, 2.75) is 13.0 Å². The molecule has 96 valence electrons. The highest BCUT2D eigenvalue weighted by atomic mass is 15.3. The molecule has 0 amide bonds. The molecule has 0 aliphatic rings. The molecule has 1 heterocycles. The minimum Gasteiger partial charge on any atom is -0.338 e. The van der Waals surface area contributed by atoms with Crippen molar-refractivity contribution in [3.8, 4) is 0 Å². The third-order valence-electron chi connectivity index (χ3n) is 2.93. The van der Waals surface area contributed by atoms with Gasteiger partial charge in [-0.3, -0.25) is 0 Å². The zero-order valence-electron chi connectivity index (χ0n) is 10.8. The van der Waals surface area contributed by atoms with Gasteiger partial charge in [-0.05, 0) is 18.5 Å². The van der Waals surface area contributed by atoms with Crippen LogP contribution in [0.2, 0.25) is 0 Å². The molecular formula is C14H20N4. The normalized spacial score (nSPS) is 10.6.